The van der Waals surface area contributed by atoms with Gasteiger partial charge in [0.15, 0.2) is 0 Å². The van der Waals surface area contributed by atoms with Crippen LogP contribution in [0.25, 0.3) is 0 Å². The standard InChI is InChI=1S/C27H48O2/c1-5-7-9-16-27(4,29)25-14-13-24-23-12-11-20(19-22(28)10-8-6-2)18-21(23)15-17-26(24,25)3/h11,21-25,28-29H,5-10,12-19H2,1-4H3/t21?,22-,23?,24?,25-,26-,27?/m0/s1. The lowest BCUT2D eigenvalue weighted by Gasteiger charge is -2.52. The summed E-state index contributed by atoms with van der Waals surface area (Å²) in [6.07, 6.45) is 18.7. The van der Waals surface area contributed by atoms with Gasteiger partial charge in [-0.15, -0.1) is 0 Å². The van der Waals surface area contributed by atoms with Gasteiger partial charge in [-0.3, -0.25) is 0 Å². The average Bonchev–Trinajstić information content (AvgIpc) is 3.05. The molecule has 0 aromatic carbocycles. The molecule has 0 radical (unpaired) electrons. The van der Waals surface area contributed by atoms with Crippen LogP contribution in [0, 0.1) is 29.1 Å². The molecule has 2 N–H and O–H groups in total. The maximum absolute atomic E-state index is 11.4. The van der Waals surface area contributed by atoms with Gasteiger partial charge in [-0.25, -0.2) is 0 Å². The Balaban J connectivity index is 1.63. The maximum Gasteiger partial charge on any atom is 0.0653 e. The molecule has 3 aliphatic carbocycles. The van der Waals surface area contributed by atoms with E-state index >= 15 is 0 Å². The van der Waals surface area contributed by atoms with Crippen LogP contribution < -0.4 is 0 Å². The Morgan fingerprint density at radius 1 is 1.14 bits per heavy atom. The third-order valence-corrected chi connectivity index (χ3v) is 9.21. The minimum absolute atomic E-state index is 0.138. The summed E-state index contributed by atoms with van der Waals surface area (Å²) in [4.78, 5) is 0. The molecule has 2 fully saturated rings. The van der Waals surface area contributed by atoms with Crippen molar-refractivity contribution in [3.05, 3.63) is 11.6 Å². The molecule has 3 aliphatic rings. The average molecular weight is 405 g/mol. The third-order valence-electron chi connectivity index (χ3n) is 9.21. The lowest BCUT2D eigenvalue weighted by Crippen LogP contribution is -2.48. The topological polar surface area (TPSA) is 40.5 Å². The number of allylic oxidation sites excluding steroid dienone is 1. The molecule has 0 bridgehead atoms. The van der Waals surface area contributed by atoms with Crippen LogP contribution in [0.4, 0.5) is 0 Å². The molecule has 2 nitrogen and oxygen atoms in total. The van der Waals surface area contributed by atoms with Crippen molar-refractivity contribution in [2.45, 2.75) is 129 Å². The summed E-state index contributed by atoms with van der Waals surface area (Å²) in [6, 6.07) is 0. The molecule has 4 unspecified atom stereocenters. The fourth-order valence-electron chi connectivity index (χ4n) is 7.64. The fourth-order valence-corrected chi connectivity index (χ4v) is 7.64. The predicted molar refractivity (Wildman–Crippen MR) is 123 cm³/mol. The molecule has 0 aromatic heterocycles. The second kappa shape index (κ2) is 9.86. The summed E-state index contributed by atoms with van der Waals surface area (Å²) in [5, 5.41) is 21.8. The first-order valence-corrected chi connectivity index (χ1v) is 12.9. The van der Waals surface area contributed by atoms with E-state index in [1.807, 2.05) is 0 Å². The molecule has 29 heavy (non-hydrogen) atoms. The molecule has 0 aliphatic heterocycles. The lowest BCUT2D eigenvalue weighted by atomic mass is 9.53. The minimum atomic E-state index is -0.495. The molecule has 0 saturated heterocycles. The monoisotopic (exact) mass is 404 g/mol. The van der Waals surface area contributed by atoms with Crippen molar-refractivity contribution in [2.24, 2.45) is 29.1 Å². The summed E-state index contributed by atoms with van der Waals surface area (Å²) in [5.41, 5.74) is 1.35. The van der Waals surface area contributed by atoms with Gasteiger partial charge in [-0.1, -0.05) is 64.5 Å². The Hall–Kier alpha value is -0.340. The van der Waals surface area contributed by atoms with Gasteiger partial charge in [0, 0.05) is 0 Å². The molecule has 2 saturated carbocycles. The molecule has 0 heterocycles. The second-order valence-corrected chi connectivity index (χ2v) is 11.3. The smallest absolute Gasteiger partial charge is 0.0653 e. The van der Waals surface area contributed by atoms with Gasteiger partial charge in [0.2, 0.25) is 0 Å². The zero-order valence-electron chi connectivity index (χ0n) is 19.8. The summed E-state index contributed by atoms with van der Waals surface area (Å²) in [5.74, 6) is 2.88. The second-order valence-electron chi connectivity index (χ2n) is 11.3. The number of unbranched alkanes of at least 4 members (excludes halogenated alkanes) is 3. The zero-order chi connectivity index (χ0) is 21.1. The summed E-state index contributed by atoms with van der Waals surface area (Å²) < 4.78 is 0. The minimum Gasteiger partial charge on any atom is -0.393 e. The Labute approximate surface area is 180 Å². The number of fused-ring (bicyclic) bond motifs is 3. The molecular weight excluding hydrogens is 356 g/mol. The molecular formula is C27H48O2. The van der Waals surface area contributed by atoms with Crippen molar-refractivity contribution in [1.82, 2.24) is 0 Å². The van der Waals surface area contributed by atoms with Gasteiger partial charge in [0.05, 0.1) is 11.7 Å². The van der Waals surface area contributed by atoms with E-state index in [0.717, 1.165) is 43.4 Å². The number of hydrogen-bond donors (Lipinski definition) is 2. The quantitative estimate of drug-likeness (QED) is 0.303. The molecule has 0 aromatic rings. The Kier molecular flexibility index (Phi) is 7.93. The highest BCUT2D eigenvalue weighted by molar-refractivity contribution is 5.15. The van der Waals surface area contributed by atoms with Crippen LogP contribution in [0.1, 0.15) is 118 Å². The van der Waals surface area contributed by atoms with Gasteiger partial charge in [-0.2, -0.15) is 0 Å². The van der Waals surface area contributed by atoms with Crippen LogP contribution in [0.2, 0.25) is 0 Å². The SMILES string of the molecule is CCCCCC(C)(O)[C@H]1CCC2C3CC=C(C[C@@H](O)CCCC)CC3CC[C@@]21C. The van der Waals surface area contributed by atoms with Crippen molar-refractivity contribution >= 4 is 0 Å². The lowest BCUT2D eigenvalue weighted by molar-refractivity contribution is -0.0898. The van der Waals surface area contributed by atoms with E-state index in [2.05, 4.69) is 33.8 Å². The molecule has 7 atom stereocenters. The number of aliphatic hydroxyl groups is 2. The highest BCUT2D eigenvalue weighted by Gasteiger charge is 2.57. The Morgan fingerprint density at radius 3 is 2.62 bits per heavy atom. The van der Waals surface area contributed by atoms with Crippen molar-refractivity contribution in [1.29, 1.82) is 0 Å². The summed E-state index contributed by atoms with van der Waals surface area (Å²) in [7, 11) is 0. The summed E-state index contributed by atoms with van der Waals surface area (Å²) >= 11 is 0. The molecule has 3 rings (SSSR count). The summed E-state index contributed by atoms with van der Waals surface area (Å²) in [6.45, 7) is 9.11. The zero-order valence-corrected chi connectivity index (χ0v) is 19.8. The fraction of sp³-hybridized carbons (Fsp3) is 0.926. The number of hydrogen-bond acceptors (Lipinski definition) is 2. The Bertz CT molecular complexity index is 551. The van der Waals surface area contributed by atoms with Crippen LogP contribution in [0.5, 0.6) is 0 Å². The molecule has 168 valence electrons. The highest BCUT2D eigenvalue weighted by Crippen LogP contribution is 2.63. The normalized spacial score (nSPS) is 37.4. The van der Waals surface area contributed by atoms with E-state index in [4.69, 9.17) is 0 Å². The van der Waals surface area contributed by atoms with Gasteiger partial charge in [0.25, 0.3) is 0 Å². The van der Waals surface area contributed by atoms with Gasteiger partial charge in [-0.05, 0) is 93.8 Å². The highest BCUT2D eigenvalue weighted by atomic mass is 16.3. The van der Waals surface area contributed by atoms with E-state index in [1.165, 1.54) is 69.8 Å². The molecule has 0 spiro atoms. The van der Waals surface area contributed by atoms with Crippen LogP contribution in [-0.4, -0.2) is 21.9 Å². The number of aliphatic hydroxyl groups excluding tert-OH is 1. The van der Waals surface area contributed by atoms with E-state index in [1.54, 1.807) is 0 Å². The Morgan fingerprint density at radius 2 is 1.90 bits per heavy atom. The van der Waals surface area contributed by atoms with Gasteiger partial charge < -0.3 is 10.2 Å². The van der Waals surface area contributed by atoms with Crippen molar-refractivity contribution < 1.29 is 10.2 Å². The predicted octanol–water partition coefficient (Wildman–Crippen LogP) is 7.04. The van der Waals surface area contributed by atoms with E-state index < -0.39 is 5.60 Å². The van der Waals surface area contributed by atoms with Crippen molar-refractivity contribution in [3.8, 4) is 0 Å². The number of rotatable bonds is 10. The van der Waals surface area contributed by atoms with E-state index in [0.29, 0.717) is 11.3 Å². The molecule has 0 amide bonds. The van der Waals surface area contributed by atoms with Crippen molar-refractivity contribution in [3.63, 3.8) is 0 Å². The third kappa shape index (κ3) is 5.12. The first kappa shape index (κ1) is 23.3. The first-order chi connectivity index (χ1) is 13.8. The van der Waals surface area contributed by atoms with Crippen LogP contribution >= 0.6 is 0 Å². The van der Waals surface area contributed by atoms with Gasteiger partial charge >= 0.3 is 0 Å². The molecule has 2 heteroatoms. The van der Waals surface area contributed by atoms with Crippen LogP contribution in [0.3, 0.4) is 0 Å². The maximum atomic E-state index is 11.4. The van der Waals surface area contributed by atoms with Crippen LogP contribution in [-0.2, 0) is 0 Å². The van der Waals surface area contributed by atoms with E-state index in [-0.39, 0.29) is 6.10 Å². The van der Waals surface area contributed by atoms with Crippen LogP contribution in [0.15, 0.2) is 11.6 Å². The van der Waals surface area contributed by atoms with E-state index in [9.17, 15) is 10.2 Å². The van der Waals surface area contributed by atoms with Gasteiger partial charge in [0.1, 0.15) is 0 Å². The first-order valence-electron chi connectivity index (χ1n) is 12.9. The largest absolute Gasteiger partial charge is 0.393 e. The van der Waals surface area contributed by atoms with Crippen molar-refractivity contribution in [2.75, 3.05) is 0 Å².